The van der Waals surface area contributed by atoms with E-state index in [1.54, 1.807) is 24.3 Å². The third-order valence-electron chi connectivity index (χ3n) is 5.35. The maximum atomic E-state index is 12.4. The minimum Gasteiger partial charge on any atom is -0.478 e. The van der Waals surface area contributed by atoms with Gasteiger partial charge in [-0.1, -0.05) is 70.4 Å². The molecule has 7 nitrogen and oxygen atoms in total. The Kier molecular flexibility index (Phi) is 10.9. The number of rotatable bonds is 15. The minimum absolute atomic E-state index is 0.110. The van der Waals surface area contributed by atoms with Crippen molar-refractivity contribution >= 4 is 23.5 Å². The molecular weight excluding hydrogens is 422 g/mol. The molecule has 0 bridgehead atoms. The molecule has 178 valence electrons. The van der Waals surface area contributed by atoms with E-state index in [0.29, 0.717) is 17.9 Å². The number of carbonyl (C=O) groups excluding carboxylic acids is 1. The Balaban J connectivity index is 1.88. The second-order valence-electron chi connectivity index (χ2n) is 8.04. The van der Waals surface area contributed by atoms with Gasteiger partial charge in [0.1, 0.15) is 5.75 Å². The van der Waals surface area contributed by atoms with Crippen molar-refractivity contribution in [3.05, 3.63) is 53.6 Å². The number of carbonyl (C=O) groups is 3. The third-order valence-corrected chi connectivity index (χ3v) is 5.35. The molecule has 2 aromatic carbocycles. The van der Waals surface area contributed by atoms with Gasteiger partial charge in [0.05, 0.1) is 16.8 Å². The first-order valence-corrected chi connectivity index (χ1v) is 11.6. The highest BCUT2D eigenvalue weighted by Gasteiger charge is 2.17. The van der Waals surface area contributed by atoms with E-state index in [1.807, 2.05) is 0 Å². The molecule has 2 rings (SSSR count). The number of hydrogen-bond acceptors (Lipinski definition) is 4. The number of benzene rings is 2. The lowest BCUT2D eigenvalue weighted by Crippen LogP contribution is -2.12. The molecule has 2 aromatic rings. The zero-order valence-electron chi connectivity index (χ0n) is 19.1. The Morgan fingerprint density at radius 3 is 2.03 bits per heavy atom. The first-order chi connectivity index (χ1) is 15.9. The van der Waals surface area contributed by atoms with Crippen LogP contribution >= 0.6 is 0 Å². The zero-order valence-corrected chi connectivity index (χ0v) is 19.1. The van der Waals surface area contributed by atoms with Crippen molar-refractivity contribution < 1.29 is 29.3 Å². The SMILES string of the molecule is CCCCCCCCCCCC(=O)Nc1ccccc1Oc1ccc(C(=O)O)c(C(=O)O)c1. The van der Waals surface area contributed by atoms with Crippen LogP contribution in [0.4, 0.5) is 5.69 Å². The van der Waals surface area contributed by atoms with Crippen LogP contribution in [0.5, 0.6) is 11.5 Å². The molecule has 0 heterocycles. The van der Waals surface area contributed by atoms with E-state index in [-0.39, 0.29) is 22.8 Å². The molecule has 0 radical (unpaired) electrons. The number of ether oxygens (including phenoxy) is 1. The molecule has 3 N–H and O–H groups in total. The number of aromatic carboxylic acids is 2. The fourth-order valence-electron chi connectivity index (χ4n) is 3.55. The lowest BCUT2D eigenvalue weighted by molar-refractivity contribution is -0.116. The number of nitrogens with one attached hydrogen (secondary N) is 1. The van der Waals surface area contributed by atoms with Crippen LogP contribution in [0.15, 0.2) is 42.5 Å². The van der Waals surface area contributed by atoms with E-state index in [4.69, 9.17) is 9.84 Å². The number of para-hydroxylation sites is 2. The predicted octanol–water partition coefficient (Wildman–Crippen LogP) is 6.73. The van der Waals surface area contributed by atoms with Gasteiger partial charge in [-0.25, -0.2) is 9.59 Å². The van der Waals surface area contributed by atoms with Crippen molar-refractivity contribution in [2.45, 2.75) is 71.1 Å². The molecule has 0 aromatic heterocycles. The van der Waals surface area contributed by atoms with Crippen LogP contribution in [0.3, 0.4) is 0 Å². The maximum absolute atomic E-state index is 12.4. The van der Waals surface area contributed by atoms with E-state index in [2.05, 4.69) is 12.2 Å². The molecule has 7 heteroatoms. The Bertz CT molecular complexity index is 940. The van der Waals surface area contributed by atoms with Gasteiger partial charge in [-0.15, -0.1) is 0 Å². The Morgan fingerprint density at radius 1 is 0.788 bits per heavy atom. The lowest BCUT2D eigenvalue weighted by Gasteiger charge is -2.13. The lowest BCUT2D eigenvalue weighted by atomic mass is 10.1. The highest BCUT2D eigenvalue weighted by molar-refractivity contribution is 6.02. The maximum Gasteiger partial charge on any atom is 0.336 e. The van der Waals surface area contributed by atoms with Gasteiger partial charge in [-0.05, 0) is 36.8 Å². The zero-order chi connectivity index (χ0) is 24.1. The monoisotopic (exact) mass is 455 g/mol. The van der Waals surface area contributed by atoms with Gasteiger partial charge in [0.25, 0.3) is 0 Å². The third kappa shape index (κ3) is 8.96. The number of amides is 1. The summed E-state index contributed by atoms with van der Waals surface area (Å²) in [6, 6.07) is 10.6. The van der Waals surface area contributed by atoms with E-state index in [0.717, 1.165) is 25.3 Å². The first kappa shape index (κ1) is 25.9. The summed E-state index contributed by atoms with van der Waals surface area (Å²) < 4.78 is 5.76. The minimum atomic E-state index is -1.36. The normalized spacial score (nSPS) is 10.6. The standard InChI is InChI=1S/C26H33NO6/c1-2-3-4-5-6-7-8-9-10-15-24(28)27-22-13-11-12-14-23(22)33-19-16-17-20(25(29)30)21(18-19)26(31)32/h11-14,16-18H,2-10,15H2,1H3,(H,27,28)(H,29,30)(H,31,32). The molecule has 0 unspecified atom stereocenters. The molecule has 0 saturated carbocycles. The molecule has 0 aliphatic carbocycles. The molecule has 0 spiro atoms. The van der Waals surface area contributed by atoms with Crippen molar-refractivity contribution in [3.8, 4) is 11.5 Å². The molecule has 1 amide bonds. The second kappa shape index (κ2) is 13.9. The number of anilines is 1. The smallest absolute Gasteiger partial charge is 0.336 e. The summed E-state index contributed by atoms with van der Waals surface area (Å²) in [6.45, 7) is 2.21. The van der Waals surface area contributed by atoms with Gasteiger partial charge >= 0.3 is 11.9 Å². The van der Waals surface area contributed by atoms with Crippen LogP contribution in [0, 0.1) is 0 Å². The second-order valence-corrected chi connectivity index (χ2v) is 8.04. The summed E-state index contributed by atoms with van der Waals surface area (Å²) >= 11 is 0. The Morgan fingerprint density at radius 2 is 1.39 bits per heavy atom. The van der Waals surface area contributed by atoms with Crippen LogP contribution in [-0.2, 0) is 4.79 Å². The van der Waals surface area contributed by atoms with E-state index >= 15 is 0 Å². The fourth-order valence-corrected chi connectivity index (χ4v) is 3.55. The van der Waals surface area contributed by atoms with Crippen molar-refractivity contribution in [1.29, 1.82) is 0 Å². The van der Waals surface area contributed by atoms with Crippen molar-refractivity contribution in [1.82, 2.24) is 0 Å². The van der Waals surface area contributed by atoms with Crippen LogP contribution < -0.4 is 10.1 Å². The van der Waals surface area contributed by atoms with Gasteiger partial charge in [-0.2, -0.15) is 0 Å². The summed E-state index contributed by atoms with van der Waals surface area (Å²) in [4.78, 5) is 35.0. The van der Waals surface area contributed by atoms with Crippen LogP contribution in [-0.4, -0.2) is 28.1 Å². The first-order valence-electron chi connectivity index (χ1n) is 11.6. The number of carboxylic acids is 2. The van der Waals surface area contributed by atoms with Crippen LogP contribution in [0.25, 0.3) is 0 Å². The molecule has 0 aliphatic heterocycles. The van der Waals surface area contributed by atoms with Gasteiger partial charge in [0.2, 0.25) is 5.91 Å². The van der Waals surface area contributed by atoms with Crippen molar-refractivity contribution in [3.63, 3.8) is 0 Å². The highest BCUT2D eigenvalue weighted by Crippen LogP contribution is 2.30. The van der Waals surface area contributed by atoms with E-state index < -0.39 is 11.9 Å². The Hall–Kier alpha value is -3.35. The fraction of sp³-hybridized carbons (Fsp3) is 0.423. The van der Waals surface area contributed by atoms with Gasteiger partial charge in [-0.3, -0.25) is 4.79 Å². The molecule has 0 fully saturated rings. The van der Waals surface area contributed by atoms with Crippen LogP contribution in [0.1, 0.15) is 91.8 Å². The van der Waals surface area contributed by atoms with Crippen molar-refractivity contribution in [2.75, 3.05) is 5.32 Å². The molecule has 0 atom stereocenters. The number of carboxylic acid groups (broad SMARTS) is 2. The summed E-state index contributed by atoms with van der Waals surface area (Å²) in [5, 5.41) is 21.3. The molecule has 33 heavy (non-hydrogen) atoms. The number of hydrogen-bond donors (Lipinski definition) is 3. The van der Waals surface area contributed by atoms with Gasteiger partial charge in [0.15, 0.2) is 5.75 Å². The topological polar surface area (TPSA) is 113 Å². The molecule has 0 aliphatic rings. The van der Waals surface area contributed by atoms with E-state index in [9.17, 15) is 19.5 Å². The van der Waals surface area contributed by atoms with Crippen LogP contribution in [0.2, 0.25) is 0 Å². The van der Waals surface area contributed by atoms with Crippen molar-refractivity contribution in [2.24, 2.45) is 0 Å². The van der Waals surface area contributed by atoms with Gasteiger partial charge < -0.3 is 20.3 Å². The Labute approximate surface area is 194 Å². The predicted molar refractivity (Wildman–Crippen MR) is 127 cm³/mol. The summed E-state index contributed by atoms with van der Waals surface area (Å²) in [7, 11) is 0. The molecular formula is C26H33NO6. The average molecular weight is 456 g/mol. The average Bonchev–Trinajstić information content (AvgIpc) is 2.79. The highest BCUT2D eigenvalue weighted by atomic mass is 16.5. The number of unbranched alkanes of at least 4 members (excludes halogenated alkanes) is 8. The summed E-state index contributed by atoms with van der Waals surface area (Å²) in [6.07, 6.45) is 11.0. The largest absolute Gasteiger partial charge is 0.478 e. The van der Waals surface area contributed by atoms with E-state index in [1.165, 1.54) is 50.7 Å². The van der Waals surface area contributed by atoms with Gasteiger partial charge in [0, 0.05) is 6.42 Å². The molecule has 0 saturated heterocycles. The summed E-state index contributed by atoms with van der Waals surface area (Å²) in [5.41, 5.74) is -0.220. The quantitative estimate of drug-likeness (QED) is 0.256. The summed E-state index contributed by atoms with van der Waals surface area (Å²) in [5.74, 6) is -2.29.